The molecule has 2 rings (SSSR count). The molecule has 2 nitrogen and oxygen atoms in total. The van der Waals surface area contributed by atoms with E-state index in [-0.39, 0.29) is 6.04 Å². The highest BCUT2D eigenvalue weighted by molar-refractivity contribution is 6.42. The Kier molecular flexibility index (Phi) is 5.70. The molecule has 1 atom stereocenters. The summed E-state index contributed by atoms with van der Waals surface area (Å²) in [6, 6.07) is 13.4. The van der Waals surface area contributed by atoms with E-state index >= 15 is 0 Å². The number of hydrogen-bond acceptors (Lipinski definition) is 2. The Morgan fingerprint density at radius 3 is 2.30 bits per heavy atom. The molecule has 2 aromatic carbocycles. The van der Waals surface area contributed by atoms with Crippen LogP contribution in [0.25, 0.3) is 0 Å². The predicted octanol–water partition coefficient (Wildman–Crippen LogP) is 4.26. The van der Waals surface area contributed by atoms with Gasteiger partial charge in [-0.25, -0.2) is 0 Å². The molecule has 0 radical (unpaired) electrons. The van der Waals surface area contributed by atoms with E-state index in [1.165, 1.54) is 0 Å². The van der Waals surface area contributed by atoms with Gasteiger partial charge in [-0.15, -0.1) is 0 Å². The lowest BCUT2D eigenvalue weighted by Gasteiger charge is -2.17. The molecule has 0 spiro atoms. The molecule has 0 bridgehead atoms. The Hall–Kier alpha value is -0.770. The zero-order chi connectivity index (χ0) is 14.5. The van der Waals surface area contributed by atoms with Gasteiger partial charge in [0.1, 0.15) is 0 Å². The van der Waals surface area contributed by atoms with E-state index in [4.69, 9.17) is 40.6 Å². The van der Waals surface area contributed by atoms with Crippen LogP contribution in [0.3, 0.4) is 0 Å². The summed E-state index contributed by atoms with van der Waals surface area (Å²) in [5.41, 5.74) is 4.97. The molecule has 0 aromatic heterocycles. The first-order chi connectivity index (χ1) is 9.60. The smallest absolute Gasteiger partial charge is 0.0595 e. The number of nitrogens with two attached hydrogens (primary N) is 1. The van der Waals surface area contributed by atoms with E-state index in [0.717, 1.165) is 29.0 Å². The van der Waals surface area contributed by atoms with E-state index in [1.54, 1.807) is 6.07 Å². The van der Waals surface area contributed by atoms with Gasteiger partial charge in [0.15, 0.2) is 0 Å². The Morgan fingerprint density at radius 1 is 0.900 bits per heavy atom. The summed E-state index contributed by atoms with van der Waals surface area (Å²) in [6.45, 7) is 0. The van der Waals surface area contributed by atoms with Crippen molar-refractivity contribution >= 4 is 34.8 Å². The maximum atomic E-state index is 6.17. The molecule has 0 saturated heterocycles. The van der Waals surface area contributed by atoms with Crippen LogP contribution in [-0.4, -0.2) is 6.04 Å². The first kappa shape index (κ1) is 15.6. The molecule has 20 heavy (non-hydrogen) atoms. The summed E-state index contributed by atoms with van der Waals surface area (Å²) in [7, 11) is 0. The number of hydrogen-bond donors (Lipinski definition) is 2. The van der Waals surface area contributed by atoms with E-state index in [1.807, 2.05) is 36.4 Å². The number of nitrogens with one attached hydrogen (secondary N) is 1. The quantitative estimate of drug-likeness (QED) is 0.635. The summed E-state index contributed by atoms with van der Waals surface area (Å²) < 4.78 is 0. The van der Waals surface area contributed by atoms with Gasteiger partial charge in [0.05, 0.1) is 10.0 Å². The second-order valence-electron chi connectivity index (χ2n) is 4.61. The predicted molar refractivity (Wildman–Crippen MR) is 86.4 cm³/mol. The van der Waals surface area contributed by atoms with Crippen molar-refractivity contribution in [2.24, 2.45) is 5.84 Å². The van der Waals surface area contributed by atoms with Crippen molar-refractivity contribution in [1.82, 2.24) is 5.43 Å². The molecule has 0 saturated carbocycles. The first-order valence-corrected chi connectivity index (χ1v) is 7.37. The second-order valence-corrected chi connectivity index (χ2v) is 5.83. The average molecular weight is 330 g/mol. The van der Waals surface area contributed by atoms with Crippen LogP contribution in [0.5, 0.6) is 0 Å². The van der Waals surface area contributed by atoms with Gasteiger partial charge in [-0.05, 0) is 42.2 Å². The van der Waals surface area contributed by atoms with Crippen molar-refractivity contribution in [3.8, 4) is 0 Å². The molecular formula is C15H15Cl3N2. The summed E-state index contributed by atoms with van der Waals surface area (Å²) in [4.78, 5) is 0. The van der Waals surface area contributed by atoms with Crippen LogP contribution in [0.15, 0.2) is 42.5 Å². The van der Waals surface area contributed by atoms with Crippen molar-refractivity contribution in [2.45, 2.75) is 18.9 Å². The van der Waals surface area contributed by atoms with Crippen LogP contribution in [0, 0.1) is 0 Å². The van der Waals surface area contributed by atoms with Gasteiger partial charge in [-0.3, -0.25) is 11.3 Å². The van der Waals surface area contributed by atoms with Crippen LogP contribution >= 0.6 is 34.8 Å². The zero-order valence-corrected chi connectivity index (χ0v) is 13.0. The third-order valence-corrected chi connectivity index (χ3v) is 4.23. The van der Waals surface area contributed by atoms with Crippen LogP contribution < -0.4 is 11.3 Å². The highest BCUT2D eigenvalue weighted by Gasteiger charge is 2.11. The number of halogens is 3. The molecule has 0 amide bonds. The van der Waals surface area contributed by atoms with E-state index in [9.17, 15) is 0 Å². The van der Waals surface area contributed by atoms with Gasteiger partial charge in [0.2, 0.25) is 0 Å². The second kappa shape index (κ2) is 7.30. The van der Waals surface area contributed by atoms with Crippen LogP contribution in [0.2, 0.25) is 15.1 Å². The normalized spacial score (nSPS) is 12.4. The van der Waals surface area contributed by atoms with Gasteiger partial charge in [-0.1, -0.05) is 59.1 Å². The highest BCUT2D eigenvalue weighted by Crippen LogP contribution is 2.24. The number of hydrazine groups is 1. The standard InChI is InChI=1S/C15H15Cl3N2/c16-13-4-2-1-3-11(13)9-12(20-19)7-10-5-6-14(17)15(18)8-10/h1-6,8,12,20H,7,9,19H2. The van der Waals surface area contributed by atoms with Gasteiger partial charge in [0, 0.05) is 11.1 Å². The van der Waals surface area contributed by atoms with Gasteiger partial charge in [-0.2, -0.15) is 0 Å². The maximum absolute atomic E-state index is 6.17. The molecular weight excluding hydrogens is 315 g/mol. The third-order valence-electron chi connectivity index (χ3n) is 3.13. The monoisotopic (exact) mass is 328 g/mol. The topological polar surface area (TPSA) is 38.0 Å². The van der Waals surface area contributed by atoms with Crippen molar-refractivity contribution in [3.05, 3.63) is 68.7 Å². The Labute approximate surface area is 133 Å². The minimum absolute atomic E-state index is 0.0761. The molecule has 0 fully saturated rings. The van der Waals surface area contributed by atoms with Crippen molar-refractivity contribution in [3.63, 3.8) is 0 Å². The van der Waals surface area contributed by atoms with Gasteiger partial charge < -0.3 is 0 Å². The Morgan fingerprint density at radius 2 is 1.65 bits per heavy atom. The Balaban J connectivity index is 2.09. The molecule has 1 unspecified atom stereocenters. The fraction of sp³-hybridized carbons (Fsp3) is 0.200. The molecule has 3 N–H and O–H groups in total. The summed E-state index contributed by atoms with van der Waals surface area (Å²) in [5, 5.41) is 1.86. The van der Waals surface area contributed by atoms with Crippen molar-refractivity contribution in [1.29, 1.82) is 0 Å². The molecule has 106 valence electrons. The van der Waals surface area contributed by atoms with Gasteiger partial charge >= 0.3 is 0 Å². The lowest BCUT2D eigenvalue weighted by Crippen LogP contribution is -2.38. The summed E-state index contributed by atoms with van der Waals surface area (Å²) >= 11 is 18.1. The molecule has 0 aliphatic rings. The van der Waals surface area contributed by atoms with Crippen LogP contribution in [0.1, 0.15) is 11.1 Å². The van der Waals surface area contributed by atoms with E-state index in [2.05, 4.69) is 5.43 Å². The fourth-order valence-corrected chi connectivity index (χ4v) is 2.60. The third kappa shape index (κ3) is 4.11. The number of benzene rings is 2. The largest absolute Gasteiger partial charge is 0.271 e. The highest BCUT2D eigenvalue weighted by atomic mass is 35.5. The zero-order valence-electron chi connectivity index (χ0n) is 10.7. The first-order valence-electron chi connectivity index (χ1n) is 6.23. The van der Waals surface area contributed by atoms with Crippen molar-refractivity contribution in [2.75, 3.05) is 0 Å². The minimum Gasteiger partial charge on any atom is -0.271 e. The molecule has 0 aliphatic heterocycles. The van der Waals surface area contributed by atoms with Crippen LogP contribution in [-0.2, 0) is 12.8 Å². The minimum atomic E-state index is 0.0761. The van der Waals surface area contributed by atoms with E-state index < -0.39 is 0 Å². The van der Waals surface area contributed by atoms with E-state index in [0.29, 0.717) is 10.0 Å². The molecule has 2 aromatic rings. The summed E-state index contributed by atoms with van der Waals surface area (Å²) in [6.07, 6.45) is 1.50. The summed E-state index contributed by atoms with van der Waals surface area (Å²) in [5.74, 6) is 5.63. The van der Waals surface area contributed by atoms with Crippen LogP contribution in [0.4, 0.5) is 0 Å². The van der Waals surface area contributed by atoms with Gasteiger partial charge in [0.25, 0.3) is 0 Å². The molecule has 5 heteroatoms. The number of rotatable bonds is 5. The lowest BCUT2D eigenvalue weighted by molar-refractivity contribution is 0.522. The van der Waals surface area contributed by atoms with Crippen molar-refractivity contribution < 1.29 is 0 Å². The molecule has 0 aliphatic carbocycles. The lowest BCUT2D eigenvalue weighted by atomic mass is 9.99. The fourth-order valence-electron chi connectivity index (χ4n) is 2.07. The maximum Gasteiger partial charge on any atom is 0.0595 e. The molecule has 0 heterocycles. The SMILES string of the molecule is NNC(Cc1ccc(Cl)c(Cl)c1)Cc1ccccc1Cl. The average Bonchev–Trinajstić information content (AvgIpc) is 2.44. The Bertz CT molecular complexity index is 587.